The summed E-state index contributed by atoms with van der Waals surface area (Å²) >= 11 is 0. The quantitative estimate of drug-likeness (QED) is 0.494. The number of nitrogens with zero attached hydrogens (tertiary/aromatic N) is 7. The minimum absolute atomic E-state index is 0.0796. The first-order valence-electron chi connectivity index (χ1n) is 15.9. The van der Waals surface area contributed by atoms with Crippen LogP contribution in [0.3, 0.4) is 0 Å². The van der Waals surface area contributed by atoms with E-state index in [4.69, 9.17) is 24.3 Å². The third kappa shape index (κ3) is 3.92. The first kappa shape index (κ1) is 26.7. The van der Waals surface area contributed by atoms with Crippen molar-refractivity contribution in [2.24, 2.45) is 0 Å². The van der Waals surface area contributed by atoms with Crippen molar-refractivity contribution < 1.29 is 19.2 Å². The molecule has 3 aromatic heterocycles. The number of hydrogen-bond acceptors (Lipinski definition) is 10. The highest BCUT2D eigenvalue weighted by atomic mass is 16.5. The zero-order valence-corrected chi connectivity index (χ0v) is 24.9. The summed E-state index contributed by atoms with van der Waals surface area (Å²) in [4.78, 5) is 28.4. The second-order valence-corrected chi connectivity index (χ2v) is 13.6. The number of anilines is 1. The fourth-order valence-corrected chi connectivity index (χ4v) is 8.45. The normalized spacial score (nSPS) is 32.3. The Labute approximate surface area is 245 Å². The van der Waals surface area contributed by atoms with Crippen LogP contribution >= 0.6 is 0 Å². The molecule has 2 saturated heterocycles. The molecule has 1 saturated carbocycles. The topological polar surface area (TPSA) is 123 Å². The number of ketones is 1. The maximum atomic E-state index is 13.2. The molecule has 3 aromatic rings. The van der Waals surface area contributed by atoms with Gasteiger partial charge in [0.05, 0.1) is 29.3 Å². The summed E-state index contributed by atoms with van der Waals surface area (Å²) in [5, 5.41) is 21.9. The molecule has 4 aliphatic heterocycles. The fourth-order valence-electron chi connectivity index (χ4n) is 8.45. The van der Waals surface area contributed by atoms with E-state index in [2.05, 4.69) is 33.6 Å². The SMILES string of the molecule is C[C@@H]([C@@H]1CCCN1C)n1nc2c3c(nc(-c4noc5c4CCOC54CCCCC4=O)nc31)N1C[C@](C)(O)CC[C@@H]1CC2. The van der Waals surface area contributed by atoms with Crippen molar-refractivity contribution in [1.82, 2.24) is 29.8 Å². The smallest absolute Gasteiger partial charge is 0.186 e. The van der Waals surface area contributed by atoms with Gasteiger partial charge in [-0.25, -0.2) is 14.6 Å². The Morgan fingerprint density at radius 1 is 1.07 bits per heavy atom. The van der Waals surface area contributed by atoms with Gasteiger partial charge in [0.2, 0.25) is 0 Å². The van der Waals surface area contributed by atoms with Crippen molar-refractivity contribution in [3.8, 4) is 11.5 Å². The Kier molecular flexibility index (Phi) is 6.08. The Balaban J connectivity index is 1.32. The molecule has 5 aliphatic rings. The van der Waals surface area contributed by atoms with E-state index in [1.165, 1.54) is 6.42 Å². The number of carbonyl (C=O) groups excluding carboxylic acids is 1. The van der Waals surface area contributed by atoms with Gasteiger partial charge >= 0.3 is 0 Å². The number of hydrogen-bond donors (Lipinski definition) is 1. The maximum Gasteiger partial charge on any atom is 0.186 e. The Morgan fingerprint density at radius 2 is 1.95 bits per heavy atom. The first-order chi connectivity index (χ1) is 20.3. The van der Waals surface area contributed by atoms with Crippen LogP contribution in [-0.2, 0) is 28.0 Å². The zero-order valence-electron chi connectivity index (χ0n) is 24.9. The molecule has 1 aliphatic carbocycles. The summed E-state index contributed by atoms with van der Waals surface area (Å²) in [5.41, 5.74) is 1.49. The molecule has 0 radical (unpaired) electrons. The van der Waals surface area contributed by atoms with Gasteiger partial charge in [-0.3, -0.25) is 4.79 Å². The summed E-state index contributed by atoms with van der Waals surface area (Å²) in [5.74, 6) is 1.94. The lowest BCUT2D eigenvalue weighted by molar-refractivity contribution is -0.157. The lowest BCUT2D eigenvalue weighted by Gasteiger charge is -2.43. The second-order valence-electron chi connectivity index (χ2n) is 13.6. The van der Waals surface area contributed by atoms with Crippen LogP contribution in [0.5, 0.6) is 0 Å². The highest BCUT2D eigenvalue weighted by Gasteiger charge is 2.50. The van der Waals surface area contributed by atoms with Crippen LogP contribution in [0.1, 0.15) is 94.7 Å². The monoisotopic (exact) mass is 575 g/mol. The third-order valence-corrected chi connectivity index (χ3v) is 10.8. The lowest BCUT2D eigenvalue weighted by Crippen LogP contribution is -2.51. The molecule has 0 bridgehead atoms. The molecule has 3 fully saturated rings. The second kappa shape index (κ2) is 9.56. The number of carbonyl (C=O) groups is 1. The van der Waals surface area contributed by atoms with E-state index < -0.39 is 11.2 Å². The van der Waals surface area contributed by atoms with Gasteiger partial charge in [0, 0.05) is 37.0 Å². The van der Waals surface area contributed by atoms with Gasteiger partial charge < -0.3 is 24.2 Å². The molecule has 11 heteroatoms. The number of piperidine rings is 1. The molecule has 1 unspecified atom stereocenters. The summed E-state index contributed by atoms with van der Waals surface area (Å²) in [6, 6.07) is 0.787. The van der Waals surface area contributed by atoms with Crippen LogP contribution in [0, 0.1) is 0 Å². The number of rotatable bonds is 3. The number of likely N-dealkylation sites (tertiary alicyclic amines) is 1. The molecule has 7 heterocycles. The van der Waals surface area contributed by atoms with Gasteiger partial charge in [-0.15, -0.1) is 0 Å². The van der Waals surface area contributed by atoms with Crippen molar-refractivity contribution in [3.05, 3.63) is 17.0 Å². The summed E-state index contributed by atoms with van der Waals surface area (Å²) in [6.45, 7) is 6.21. The van der Waals surface area contributed by atoms with E-state index in [9.17, 15) is 9.90 Å². The van der Waals surface area contributed by atoms with Crippen LogP contribution in [0.4, 0.5) is 5.82 Å². The van der Waals surface area contributed by atoms with Gasteiger partial charge in [0.25, 0.3) is 0 Å². The van der Waals surface area contributed by atoms with Gasteiger partial charge in [-0.2, -0.15) is 5.10 Å². The van der Waals surface area contributed by atoms with Crippen LogP contribution in [0.25, 0.3) is 22.6 Å². The van der Waals surface area contributed by atoms with Gasteiger partial charge in [-0.1, -0.05) is 5.16 Å². The molecular formula is C31H41N7O4. The van der Waals surface area contributed by atoms with Crippen LogP contribution in [-0.4, -0.2) is 85.1 Å². The minimum Gasteiger partial charge on any atom is -0.388 e. The predicted molar refractivity (Wildman–Crippen MR) is 155 cm³/mol. The molecule has 0 amide bonds. The van der Waals surface area contributed by atoms with Crippen LogP contribution in [0.15, 0.2) is 4.52 Å². The predicted octanol–water partition coefficient (Wildman–Crippen LogP) is 3.71. The van der Waals surface area contributed by atoms with Crippen molar-refractivity contribution in [1.29, 1.82) is 0 Å². The first-order valence-corrected chi connectivity index (χ1v) is 15.9. The number of fused-ring (bicyclic) bond motifs is 4. The average molecular weight is 576 g/mol. The fraction of sp³-hybridized carbons (Fsp3) is 0.710. The maximum absolute atomic E-state index is 13.2. The molecular weight excluding hydrogens is 534 g/mol. The molecule has 11 nitrogen and oxygen atoms in total. The zero-order chi connectivity index (χ0) is 28.8. The molecule has 8 rings (SSSR count). The average Bonchev–Trinajstić information content (AvgIpc) is 3.68. The molecule has 42 heavy (non-hydrogen) atoms. The molecule has 1 spiro atoms. The van der Waals surface area contributed by atoms with Gasteiger partial charge in [-0.05, 0) is 85.2 Å². The number of aliphatic hydroxyl groups is 1. The van der Waals surface area contributed by atoms with Crippen molar-refractivity contribution in [3.63, 3.8) is 0 Å². The molecule has 224 valence electrons. The van der Waals surface area contributed by atoms with E-state index in [-0.39, 0.29) is 17.9 Å². The third-order valence-electron chi connectivity index (χ3n) is 10.8. The Morgan fingerprint density at radius 3 is 2.76 bits per heavy atom. The van der Waals surface area contributed by atoms with Crippen molar-refractivity contribution >= 4 is 22.6 Å². The summed E-state index contributed by atoms with van der Waals surface area (Å²) in [6.07, 6.45) is 9.31. The molecule has 0 aromatic carbocycles. The number of ether oxygens (including phenoxy) is 1. The highest BCUT2D eigenvalue weighted by molar-refractivity contribution is 5.93. The number of aryl methyl sites for hydroxylation is 1. The van der Waals surface area contributed by atoms with Crippen molar-refractivity contribution in [2.45, 2.75) is 114 Å². The van der Waals surface area contributed by atoms with Crippen LogP contribution < -0.4 is 4.90 Å². The van der Waals surface area contributed by atoms with Crippen molar-refractivity contribution in [2.75, 3.05) is 31.6 Å². The standard InChI is InChI=1S/C31H41N7O4/c1-18(22-7-6-15-36(22)3)38-29-24-21(34-38)10-9-19-11-14-30(2,40)17-37(19)28(24)32-27(33-29)25-20-12-16-41-31(26(20)42-35-25)13-5-4-8-23(31)39/h18-19,22,40H,4-17H2,1-3H3/t18-,19-,22-,30+,31?/m0/s1. The van der Waals surface area contributed by atoms with E-state index in [0.717, 1.165) is 79.6 Å². The minimum atomic E-state index is -1.04. The van der Waals surface area contributed by atoms with Gasteiger partial charge in [0.15, 0.2) is 34.3 Å². The van der Waals surface area contributed by atoms with E-state index in [1.54, 1.807) is 0 Å². The number of likely N-dealkylation sites (N-methyl/N-ethyl adjacent to an activating group) is 1. The lowest BCUT2D eigenvalue weighted by atomic mass is 9.78. The van der Waals surface area contributed by atoms with E-state index in [0.29, 0.717) is 55.7 Å². The molecule has 1 N–H and O–H groups in total. The van der Waals surface area contributed by atoms with Crippen LogP contribution in [0.2, 0.25) is 0 Å². The number of aromatic nitrogens is 5. The summed E-state index contributed by atoms with van der Waals surface area (Å²) in [7, 11) is 2.20. The molecule has 5 atom stereocenters. The number of Topliss-reactive ketones (excluding diaryl/α,β-unsaturated/α-hetero) is 1. The summed E-state index contributed by atoms with van der Waals surface area (Å²) < 4.78 is 14.3. The van der Waals surface area contributed by atoms with Gasteiger partial charge in [0.1, 0.15) is 5.82 Å². The highest BCUT2D eigenvalue weighted by Crippen LogP contribution is 2.46. The largest absolute Gasteiger partial charge is 0.388 e. The van der Waals surface area contributed by atoms with E-state index in [1.807, 2.05) is 6.92 Å². The Bertz CT molecular complexity index is 1560. The van der Waals surface area contributed by atoms with E-state index >= 15 is 0 Å². The Hall–Kier alpha value is -2.89.